The number of halogens is 4. The fourth-order valence-electron chi connectivity index (χ4n) is 8.90. The molecule has 0 saturated heterocycles. The van der Waals surface area contributed by atoms with Crippen molar-refractivity contribution in [3.05, 3.63) is 138 Å². The van der Waals surface area contributed by atoms with Crippen LogP contribution in [0.1, 0.15) is 96.1 Å². The van der Waals surface area contributed by atoms with Gasteiger partial charge >= 0.3 is 11.9 Å². The van der Waals surface area contributed by atoms with Crippen LogP contribution in [0, 0.1) is 10.8 Å². The minimum atomic E-state index is -0.887. The second kappa shape index (κ2) is 26.4. The Bertz CT molecular complexity index is 2510. The van der Waals surface area contributed by atoms with Crippen LogP contribution in [0.15, 0.2) is 90.0 Å². The lowest BCUT2D eigenvalue weighted by molar-refractivity contribution is -0.147. The zero-order valence-corrected chi connectivity index (χ0v) is 41.9. The fraction of sp³-hybridized carbons (Fsp3) is 0.400. The van der Waals surface area contributed by atoms with E-state index in [9.17, 15) is 28.8 Å². The van der Waals surface area contributed by atoms with Crippen LogP contribution in [-0.2, 0) is 41.5 Å². The van der Waals surface area contributed by atoms with Gasteiger partial charge < -0.3 is 36.5 Å². The minimum Gasteiger partial charge on any atom is -0.467 e. The molecule has 6 rings (SSSR count). The Hall–Kier alpha value is -5.87. The van der Waals surface area contributed by atoms with Crippen molar-refractivity contribution >= 4 is 93.3 Å². The van der Waals surface area contributed by atoms with Gasteiger partial charge in [-0.1, -0.05) is 114 Å². The Balaban J connectivity index is 0.000000261. The molecule has 0 spiro atoms. The number of rotatable bonds is 19. The predicted octanol–water partition coefficient (Wildman–Crippen LogP) is 10.1. The van der Waals surface area contributed by atoms with Crippen LogP contribution in [0.4, 0.5) is 11.4 Å². The SMILES string of the molecule is COC(=O)C(Cc1ccc(NC(=O)c2c(Cl)cccc2Cl)cc1)NC(=O)C1(CCN)CCCC1.COC(=O)C(Cc1ccc(NC(=O)c2c(Cl)cccc2Cl)cc1)NC(=O)C1(CCN=[N+]=[N-])CCCC1. The van der Waals surface area contributed by atoms with E-state index in [0.29, 0.717) is 43.6 Å². The van der Waals surface area contributed by atoms with Gasteiger partial charge in [0, 0.05) is 41.1 Å². The maximum Gasteiger partial charge on any atom is 0.328 e. The molecule has 4 amide bonds. The van der Waals surface area contributed by atoms with Crippen LogP contribution in [0.5, 0.6) is 0 Å². The van der Waals surface area contributed by atoms with Gasteiger partial charge in [-0.05, 0) is 110 Å². The normalized spacial score (nSPS) is 15.1. The molecular weight excluding hydrogens is 982 g/mol. The Morgan fingerprint density at radius 1 is 0.614 bits per heavy atom. The molecule has 2 atom stereocenters. The van der Waals surface area contributed by atoms with Gasteiger partial charge in [0.25, 0.3) is 11.8 Å². The molecule has 70 heavy (non-hydrogen) atoms. The zero-order chi connectivity index (χ0) is 50.8. The summed E-state index contributed by atoms with van der Waals surface area (Å²) in [4.78, 5) is 79.2. The topological polar surface area (TPSA) is 244 Å². The van der Waals surface area contributed by atoms with Gasteiger partial charge in [-0.3, -0.25) is 19.2 Å². The standard InChI is InChI=1S/C25H27Cl2N5O4.C25H29Cl2N3O4/c1-36-23(34)20(31-24(35)25(11-2-3-12-25)13-14-29-32-28)15-16-7-9-17(10-8-16)30-22(33)21-18(26)5-4-6-19(21)27;1-34-23(32)20(30-24(33)25(13-14-28)11-2-3-12-25)15-16-7-9-17(10-8-16)29-22(31)21-18(26)5-4-6-19(21)27/h4-10,20H,2-3,11-15H2,1H3,(H,30,33)(H,31,35);4-10,20H,2-3,11-15,28H2,1H3,(H,29,31)(H,30,33). The molecule has 372 valence electrons. The number of nitrogens with zero attached hydrogens (tertiary/aromatic N) is 3. The summed E-state index contributed by atoms with van der Waals surface area (Å²) in [7, 11) is 2.57. The molecule has 0 aromatic heterocycles. The number of carbonyl (C=O) groups is 6. The molecule has 0 heterocycles. The zero-order valence-electron chi connectivity index (χ0n) is 38.8. The van der Waals surface area contributed by atoms with Gasteiger partial charge in [-0.15, -0.1) is 0 Å². The highest BCUT2D eigenvalue weighted by Gasteiger charge is 2.43. The average molecular weight is 1040 g/mol. The highest BCUT2D eigenvalue weighted by Crippen LogP contribution is 2.42. The van der Waals surface area contributed by atoms with E-state index >= 15 is 0 Å². The predicted molar refractivity (Wildman–Crippen MR) is 271 cm³/mol. The number of nitrogens with one attached hydrogen (secondary N) is 4. The van der Waals surface area contributed by atoms with Crippen LogP contribution >= 0.6 is 46.4 Å². The quantitative estimate of drug-likeness (QED) is 0.0259. The Morgan fingerprint density at radius 3 is 1.30 bits per heavy atom. The molecule has 2 fully saturated rings. The lowest BCUT2D eigenvalue weighted by Gasteiger charge is -2.29. The van der Waals surface area contributed by atoms with Crippen molar-refractivity contribution in [2.45, 2.75) is 89.1 Å². The van der Waals surface area contributed by atoms with Crippen molar-refractivity contribution in [3.8, 4) is 0 Å². The molecule has 2 saturated carbocycles. The van der Waals surface area contributed by atoms with Crippen molar-refractivity contribution in [2.75, 3.05) is 37.9 Å². The second-order valence-electron chi connectivity index (χ2n) is 17.2. The minimum absolute atomic E-state index is 0.147. The van der Waals surface area contributed by atoms with Crippen LogP contribution in [0.2, 0.25) is 20.1 Å². The number of azide groups is 1. The first kappa shape index (κ1) is 55.1. The van der Waals surface area contributed by atoms with E-state index in [1.54, 1.807) is 84.9 Å². The molecule has 20 heteroatoms. The number of hydrogen-bond donors (Lipinski definition) is 5. The van der Waals surface area contributed by atoms with Crippen LogP contribution in [-0.4, -0.2) is 75.0 Å². The first-order valence-electron chi connectivity index (χ1n) is 22.8. The van der Waals surface area contributed by atoms with Crippen molar-refractivity contribution in [1.82, 2.24) is 10.6 Å². The maximum absolute atomic E-state index is 13.2. The van der Waals surface area contributed by atoms with E-state index in [-0.39, 0.29) is 62.4 Å². The number of anilines is 2. The number of nitrogens with two attached hydrogens (primary N) is 1. The Morgan fingerprint density at radius 2 is 0.971 bits per heavy atom. The van der Waals surface area contributed by atoms with Crippen LogP contribution in [0.3, 0.4) is 0 Å². The third kappa shape index (κ3) is 14.6. The van der Waals surface area contributed by atoms with Crippen molar-refractivity contribution in [2.24, 2.45) is 21.7 Å². The van der Waals surface area contributed by atoms with Gasteiger partial charge in [0.15, 0.2) is 0 Å². The summed E-state index contributed by atoms with van der Waals surface area (Å²) in [6.07, 6.45) is 8.13. The van der Waals surface area contributed by atoms with Crippen molar-refractivity contribution < 1.29 is 38.2 Å². The number of methoxy groups -OCH3 is 2. The first-order valence-corrected chi connectivity index (χ1v) is 24.3. The maximum atomic E-state index is 13.2. The smallest absolute Gasteiger partial charge is 0.328 e. The third-order valence-corrected chi connectivity index (χ3v) is 14.0. The summed E-state index contributed by atoms with van der Waals surface area (Å²) >= 11 is 24.4. The van der Waals surface area contributed by atoms with Crippen LogP contribution in [0.25, 0.3) is 10.4 Å². The molecule has 2 unspecified atom stereocenters. The lowest BCUT2D eigenvalue weighted by Crippen LogP contribution is -2.49. The van der Waals surface area contributed by atoms with Crippen molar-refractivity contribution in [3.63, 3.8) is 0 Å². The molecule has 0 bridgehead atoms. The lowest BCUT2D eigenvalue weighted by atomic mass is 9.81. The van der Waals surface area contributed by atoms with Gasteiger partial charge in [0.1, 0.15) is 12.1 Å². The highest BCUT2D eigenvalue weighted by atomic mass is 35.5. The molecule has 2 aliphatic rings. The average Bonchev–Trinajstić information content (AvgIpc) is 4.04. The number of carbonyl (C=O) groups excluding carboxylic acids is 6. The van der Waals surface area contributed by atoms with Crippen molar-refractivity contribution in [1.29, 1.82) is 0 Å². The van der Waals surface area contributed by atoms with E-state index in [1.165, 1.54) is 14.2 Å². The number of esters is 2. The third-order valence-electron chi connectivity index (χ3n) is 12.7. The monoisotopic (exact) mass is 1040 g/mol. The summed E-state index contributed by atoms with van der Waals surface area (Å²) in [5.74, 6) is -2.32. The van der Waals surface area contributed by atoms with Gasteiger partial charge in [-0.2, -0.15) is 0 Å². The van der Waals surface area contributed by atoms with Gasteiger partial charge in [0.05, 0.1) is 50.9 Å². The van der Waals surface area contributed by atoms with E-state index in [2.05, 4.69) is 31.3 Å². The number of hydrogen-bond acceptors (Lipinski definition) is 10. The molecule has 2 aliphatic carbocycles. The number of ether oxygens (including phenoxy) is 2. The largest absolute Gasteiger partial charge is 0.467 e. The van der Waals surface area contributed by atoms with E-state index in [0.717, 1.165) is 49.7 Å². The number of amides is 4. The number of benzene rings is 4. The molecule has 0 radical (unpaired) electrons. The molecular formula is C50H56Cl4N8O8. The fourth-order valence-corrected chi connectivity index (χ4v) is 10.0. The summed E-state index contributed by atoms with van der Waals surface area (Å²) in [6.45, 7) is 0.641. The first-order chi connectivity index (χ1) is 33.6. The summed E-state index contributed by atoms with van der Waals surface area (Å²) in [6, 6.07) is 21.8. The van der Waals surface area contributed by atoms with Gasteiger partial charge in [-0.25, -0.2) is 9.59 Å². The molecule has 0 aliphatic heterocycles. The molecule has 4 aromatic carbocycles. The summed E-state index contributed by atoms with van der Waals surface area (Å²) < 4.78 is 9.85. The summed E-state index contributed by atoms with van der Waals surface area (Å²) in [5, 5.41) is 15.9. The van der Waals surface area contributed by atoms with Gasteiger partial charge in [0.2, 0.25) is 11.8 Å². The molecule has 4 aromatic rings. The van der Waals surface area contributed by atoms with E-state index < -0.39 is 46.7 Å². The Labute approximate surface area is 426 Å². The van der Waals surface area contributed by atoms with E-state index in [1.807, 2.05) is 0 Å². The van der Waals surface area contributed by atoms with E-state index in [4.69, 9.17) is 67.1 Å². The summed E-state index contributed by atoms with van der Waals surface area (Å²) in [5.41, 5.74) is 16.2. The highest BCUT2D eigenvalue weighted by molar-refractivity contribution is 6.41. The second-order valence-corrected chi connectivity index (χ2v) is 18.8. The Kier molecular flexibility index (Phi) is 20.7. The molecule has 6 N–H and O–H groups in total. The van der Waals surface area contributed by atoms with Crippen LogP contribution < -0.4 is 27.0 Å². The molecule has 16 nitrogen and oxygen atoms in total.